The minimum Gasteiger partial charge on any atom is -0.497 e. The van der Waals surface area contributed by atoms with Crippen LogP contribution in [0, 0.1) is 5.82 Å². The summed E-state index contributed by atoms with van der Waals surface area (Å²) in [4.78, 5) is 11.7. The first-order valence-electron chi connectivity index (χ1n) is 7.32. The number of hydrogen-bond acceptors (Lipinski definition) is 4. The van der Waals surface area contributed by atoms with Gasteiger partial charge in [0.1, 0.15) is 30.0 Å². The number of urea groups is 1. The van der Waals surface area contributed by atoms with Gasteiger partial charge >= 0.3 is 6.03 Å². The number of nitrogens with one attached hydrogen (secondary N) is 2. The van der Waals surface area contributed by atoms with Crippen LogP contribution in [0.25, 0.3) is 0 Å². The van der Waals surface area contributed by atoms with Crippen molar-refractivity contribution >= 4 is 11.7 Å². The third kappa shape index (κ3) is 5.77. The van der Waals surface area contributed by atoms with Crippen molar-refractivity contribution in [3.8, 4) is 11.5 Å². The number of rotatable bonds is 7. The summed E-state index contributed by atoms with van der Waals surface area (Å²) in [6, 6.07) is 11.8. The molecule has 3 N–H and O–H groups in total. The van der Waals surface area contributed by atoms with E-state index in [2.05, 4.69) is 10.6 Å². The van der Waals surface area contributed by atoms with E-state index < -0.39 is 12.1 Å². The monoisotopic (exact) mass is 334 g/mol. The first-order valence-corrected chi connectivity index (χ1v) is 7.32. The molecule has 6 nitrogen and oxygen atoms in total. The van der Waals surface area contributed by atoms with Crippen molar-refractivity contribution in [3.05, 3.63) is 54.3 Å². The normalized spacial score (nSPS) is 11.5. The Labute approximate surface area is 139 Å². The molecule has 0 radical (unpaired) electrons. The number of carbonyl (C=O) groups excluding carboxylic acids is 1. The second-order valence-corrected chi connectivity index (χ2v) is 4.98. The van der Waals surface area contributed by atoms with E-state index in [1.54, 1.807) is 31.4 Å². The van der Waals surface area contributed by atoms with Crippen molar-refractivity contribution in [2.24, 2.45) is 0 Å². The van der Waals surface area contributed by atoms with Crippen LogP contribution in [0.1, 0.15) is 0 Å². The number of amides is 2. The average Bonchev–Trinajstić information content (AvgIpc) is 2.60. The van der Waals surface area contributed by atoms with Gasteiger partial charge in [0, 0.05) is 12.2 Å². The third-order valence-electron chi connectivity index (χ3n) is 3.10. The van der Waals surface area contributed by atoms with Gasteiger partial charge in [0.05, 0.1) is 7.11 Å². The molecule has 0 aliphatic carbocycles. The van der Waals surface area contributed by atoms with E-state index in [-0.39, 0.29) is 19.0 Å². The van der Waals surface area contributed by atoms with Gasteiger partial charge in [0.15, 0.2) is 0 Å². The van der Waals surface area contributed by atoms with Gasteiger partial charge in [-0.2, -0.15) is 0 Å². The highest BCUT2D eigenvalue weighted by molar-refractivity contribution is 5.89. The summed E-state index contributed by atoms with van der Waals surface area (Å²) in [5.74, 6) is 0.916. The van der Waals surface area contributed by atoms with Crippen LogP contribution >= 0.6 is 0 Å². The van der Waals surface area contributed by atoms with Crippen LogP contribution in [-0.2, 0) is 0 Å². The Morgan fingerprint density at radius 3 is 2.38 bits per heavy atom. The van der Waals surface area contributed by atoms with Crippen LogP contribution in [0.15, 0.2) is 48.5 Å². The van der Waals surface area contributed by atoms with Crippen LogP contribution in [0.5, 0.6) is 11.5 Å². The molecular formula is C17H19FN2O4. The number of ether oxygens (including phenoxy) is 2. The maximum Gasteiger partial charge on any atom is 0.319 e. The lowest BCUT2D eigenvalue weighted by molar-refractivity contribution is 0.108. The first kappa shape index (κ1) is 17.6. The fraction of sp³-hybridized carbons (Fsp3) is 0.235. The van der Waals surface area contributed by atoms with E-state index in [0.717, 1.165) is 0 Å². The molecular weight excluding hydrogens is 315 g/mol. The molecule has 128 valence electrons. The number of aliphatic hydroxyl groups excluding tert-OH is 1. The van der Waals surface area contributed by atoms with Gasteiger partial charge in [-0.25, -0.2) is 9.18 Å². The Morgan fingerprint density at radius 1 is 1.12 bits per heavy atom. The number of benzene rings is 2. The molecule has 0 saturated carbocycles. The van der Waals surface area contributed by atoms with Gasteiger partial charge < -0.3 is 25.2 Å². The van der Waals surface area contributed by atoms with Crippen LogP contribution in [-0.4, -0.2) is 37.5 Å². The Balaban J connectivity index is 1.69. The van der Waals surface area contributed by atoms with Crippen LogP contribution < -0.4 is 20.1 Å². The van der Waals surface area contributed by atoms with Crippen LogP contribution in [0.2, 0.25) is 0 Å². The summed E-state index contributed by atoms with van der Waals surface area (Å²) in [5.41, 5.74) is 0.456. The van der Waals surface area contributed by atoms with Gasteiger partial charge in [-0.15, -0.1) is 0 Å². The molecule has 0 heterocycles. The topological polar surface area (TPSA) is 79.8 Å². The zero-order valence-corrected chi connectivity index (χ0v) is 13.2. The zero-order valence-electron chi connectivity index (χ0n) is 13.2. The van der Waals surface area contributed by atoms with Crippen molar-refractivity contribution in [2.75, 3.05) is 25.6 Å². The standard InChI is InChI=1S/C17H19FN2O4/c1-23-15-6-8-16(9-7-15)24-11-14(21)10-19-17(22)20-13-4-2-12(18)3-5-13/h2-9,14,21H,10-11H2,1H3,(H2,19,20,22)/t14-/m1/s1. The Kier molecular flexibility index (Phi) is 6.39. The fourth-order valence-electron chi connectivity index (χ4n) is 1.84. The molecule has 24 heavy (non-hydrogen) atoms. The van der Waals surface area contributed by atoms with Gasteiger partial charge in [-0.05, 0) is 48.5 Å². The molecule has 2 amide bonds. The lowest BCUT2D eigenvalue weighted by Crippen LogP contribution is -2.37. The van der Waals surface area contributed by atoms with Gasteiger partial charge in [-0.1, -0.05) is 0 Å². The van der Waals surface area contributed by atoms with Gasteiger partial charge in [0.2, 0.25) is 0 Å². The van der Waals surface area contributed by atoms with E-state index in [4.69, 9.17) is 9.47 Å². The van der Waals surface area contributed by atoms with E-state index in [0.29, 0.717) is 17.2 Å². The Morgan fingerprint density at radius 2 is 1.75 bits per heavy atom. The number of hydrogen-bond donors (Lipinski definition) is 3. The molecule has 0 aromatic heterocycles. The molecule has 2 rings (SSSR count). The molecule has 0 bridgehead atoms. The molecule has 2 aromatic rings. The molecule has 1 atom stereocenters. The lowest BCUT2D eigenvalue weighted by Gasteiger charge is -2.14. The Hall–Kier alpha value is -2.80. The van der Waals surface area contributed by atoms with Crippen molar-refractivity contribution < 1.29 is 23.8 Å². The number of anilines is 1. The van der Waals surface area contributed by atoms with Crippen LogP contribution in [0.3, 0.4) is 0 Å². The molecule has 0 spiro atoms. The van der Waals surface area contributed by atoms with Gasteiger partial charge in [-0.3, -0.25) is 0 Å². The number of carbonyl (C=O) groups is 1. The number of aliphatic hydroxyl groups is 1. The van der Waals surface area contributed by atoms with Crippen molar-refractivity contribution in [1.29, 1.82) is 0 Å². The van der Waals surface area contributed by atoms with E-state index >= 15 is 0 Å². The summed E-state index contributed by atoms with van der Waals surface area (Å²) in [5, 5.41) is 14.9. The highest BCUT2D eigenvalue weighted by Gasteiger charge is 2.08. The van der Waals surface area contributed by atoms with Crippen molar-refractivity contribution in [2.45, 2.75) is 6.10 Å². The highest BCUT2D eigenvalue weighted by Crippen LogP contribution is 2.17. The predicted molar refractivity (Wildman–Crippen MR) is 87.9 cm³/mol. The summed E-state index contributed by atoms with van der Waals surface area (Å²) in [6.45, 7) is 0.0480. The first-order chi connectivity index (χ1) is 11.6. The van der Waals surface area contributed by atoms with Crippen molar-refractivity contribution in [3.63, 3.8) is 0 Å². The lowest BCUT2D eigenvalue weighted by atomic mass is 10.3. The number of halogens is 1. The summed E-state index contributed by atoms with van der Waals surface area (Å²) < 4.78 is 23.2. The molecule has 0 aliphatic heterocycles. The highest BCUT2D eigenvalue weighted by atomic mass is 19.1. The maximum absolute atomic E-state index is 12.8. The quantitative estimate of drug-likeness (QED) is 0.726. The van der Waals surface area contributed by atoms with Crippen molar-refractivity contribution in [1.82, 2.24) is 5.32 Å². The van der Waals surface area contributed by atoms with E-state index in [1.165, 1.54) is 24.3 Å². The largest absolute Gasteiger partial charge is 0.497 e. The summed E-state index contributed by atoms with van der Waals surface area (Å²) in [6.07, 6.45) is -0.869. The Bertz CT molecular complexity index is 647. The van der Waals surface area contributed by atoms with E-state index in [1.807, 2.05) is 0 Å². The summed E-state index contributed by atoms with van der Waals surface area (Å²) in [7, 11) is 1.57. The molecule has 2 aromatic carbocycles. The SMILES string of the molecule is COc1ccc(OC[C@H](O)CNC(=O)Nc2ccc(F)cc2)cc1. The predicted octanol–water partition coefficient (Wildman–Crippen LogP) is 2.40. The second-order valence-electron chi connectivity index (χ2n) is 4.98. The van der Waals surface area contributed by atoms with Crippen LogP contribution in [0.4, 0.5) is 14.9 Å². The second kappa shape index (κ2) is 8.73. The summed E-state index contributed by atoms with van der Waals surface area (Å²) >= 11 is 0. The minimum absolute atomic E-state index is 0.0170. The third-order valence-corrected chi connectivity index (χ3v) is 3.10. The molecule has 0 saturated heterocycles. The smallest absolute Gasteiger partial charge is 0.319 e. The molecule has 0 fully saturated rings. The van der Waals surface area contributed by atoms with Gasteiger partial charge in [0.25, 0.3) is 0 Å². The molecule has 7 heteroatoms. The fourth-order valence-corrected chi connectivity index (χ4v) is 1.84. The maximum atomic E-state index is 12.8. The zero-order chi connectivity index (χ0) is 17.4. The number of methoxy groups -OCH3 is 1. The minimum atomic E-state index is -0.869. The van der Waals surface area contributed by atoms with E-state index in [9.17, 15) is 14.3 Å². The molecule has 0 unspecified atom stereocenters. The average molecular weight is 334 g/mol. The molecule has 0 aliphatic rings.